The summed E-state index contributed by atoms with van der Waals surface area (Å²) in [5, 5.41) is 12.2. The number of methoxy groups -OCH3 is 1. The van der Waals surface area contributed by atoms with Crippen LogP contribution in [0.5, 0.6) is 5.75 Å². The van der Waals surface area contributed by atoms with Crippen LogP contribution < -0.4 is 10.1 Å². The van der Waals surface area contributed by atoms with Crippen molar-refractivity contribution in [3.63, 3.8) is 0 Å². The summed E-state index contributed by atoms with van der Waals surface area (Å²) in [6.45, 7) is 0. The number of nitrogens with one attached hydrogen (secondary N) is 1. The standard InChI is InChI=1S/C17H13N5O2/c1-19-16-15(21-14-7-10(9-18)5-6-22(14)16)17-20-12-8-11(23-2)3-4-13(12)24-17/h3-8,19H,1-2H3. The van der Waals surface area contributed by atoms with E-state index in [1.807, 2.05) is 22.6 Å². The fourth-order valence-corrected chi connectivity index (χ4v) is 2.64. The summed E-state index contributed by atoms with van der Waals surface area (Å²) in [6, 6.07) is 11.0. The van der Waals surface area contributed by atoms with E-state index in [-0.39, 0.29) is 0 Å². The predicted octanol–water partition coefficient (Wildman–Crippen LogP) is 3.06. The van der Waals surface area contributed by atoms with Crippen molar-refractivity contribution >= 4 is 22.6 Å². The summed E-state index contributed by atoms with van der Waals surface area (Å²) in [7, 11) is 3.41. The molecule has 7 heteroatoms. The maximum Gasteiger partial charge on any atom is 0.250 e. The van der Waals surface area contributed by atoms with Crippen LogP contribution in [0.1, 0.15) is 5.56 Å². The summed E-state index contributed by atoms with van der Waals surface area (Å²) in [5.74, 6) is 1.86. The minimum Gasteiger partial charge on any atom is -0.497 e. The number of benzene rings is 1. The number of hydrogen-bond acceptors (Lipinski definition) is 6. The maximum absolute atomic E-state index is 9.05. The van der Waals surface area contributed by atoms with Crippen molar-refractivity contribution in [3.05, 3.63) is 42.1 Å². The lowest BCUT2D eigenvalue weighted by Crippen LogP contribution is -1.95. The lowest BCUT2D eigenvalue weighted by atomic mass is 10.3. The molecule has 0 unspecified atom stereocenters. The number of pyridine rings is 1. The van der Waals surface area contributed by atoms with Gasteiger partial charge in [0, 0.05) is 19.3 Å². The molecule has 0 aliphatic heterocycles. The second-order valence-electron chi connectivity index (χ2n) is 5.17. The molecular formula is C17H13N5O2. The van der Waals surface area contributed by atoms with Crippen molar-refractivity contribution < 1.29 is 9.15 Å². The molecule has 0 atom stereocenters. The molecule has 1 aromatic carbocycles. The summed E-state index contributed by atoms with van der Waals surface area (Å²) < 4.78 is 12.9. The van der Waals surface area contributed by atoms with Gasteiger partial charge in [-0.2, -0.15) is 5.26 Å². The molecule has 0 saturated heterocycles. The molecular weight excluding hydrogens is 306 g/mol. The zero-order chi connectivity index (χ0) is 16.7. The third kappa shape index (κ3) is 2.05. The Bertz CT molecular complexity index is 1100. The lowest BCUT2D eigenvalue weighted by molar-refractivity contribution is 0.415. The molecule has 7 nitrogen and oxygen atoms in total. The highest BCUT2D eigenvalue weighted by Gasteiger charge is 2.19. The smallest absolute Gasteiger partial charge is 0.250 e. The van der Waals surface area contributed by atoms with Gasteiger partial charge in [0.2, 0.25) is 5.89 Å². The Hall–Kier alpha value is -3.53. The monoisotopic (exact) mass is 319 g/mol. The highest BCUT2D eigenvalue weighted by Crippen LogP contribution is 2.31. The van der Waals surface area contributed by atoms with Gasteiger partial charge >= 0.3 is 0 Å². The predicted molar refractivity (Wildman–Crippen MR) is 89.0 cm³/mol. The van der Waals surface area contributed by atoms with E-state index in [0.29, 0.717) is 39.6 Å². The van der Waals surface area contributed by atoms with E-state index in [1.165, 1.54) is 0 Å². The summed E-state index contributed by atoms with van der Waals surface area (Å²) >= 11 is 0. The summed E-state index contributed by atoms with van der Waals surface area (Å²) in [6.07, 6.45) is 1.79. The molecule has 0 amide bonds. The van der Waals surface area contributed by atoms with E-state index in [9.17, 15) is 0 Å². The molecule has 0 radical (unpaired) electrons. The number of hydrogen-bond donors (Lipinski definition) is 1. The number of imidazole rings is 1. The number of anilines is 1. The van der Waals surface area contributed by atoms with E-state index in [2.05, 4.69) is 21.4 Å². The fraction of sp³-hybridized carbons (Fsp3) is 0.118. The van der Waals surface area contributed by atoms with Gasteiger partial charge in [-0.25, -0.2) is 9.97 Å². The minimum absolute atomic E-state index is 0.407. The Morgan fingerprint density at radius 2 is 2.12 bits per heavy atom. The Morgan fingerprint density at radius 1 is 1.25 bits per heavy atom. The average molecular weight is 319 g/mol. The first-order valence-electron chi connectivity index (χ1n) is 7.28. The Labute approximate surface area is 137 Å². The van der Waals surface area contributed by atoms with Gasteiger partial charge in [-0.05, 0) is 24.3 Å². The number of aromatic nitrogens is 3. The van der Waals surface area contributed by atoms with E-state index in [1.54, 1.807) is 32.5 Å². The zero-order valence-corrected chi connectivity index (χ0v) is 13.1. The van der Waals surface area contributed by atoms with Gasteiger partial charge in [0.15, 0.2) is 11.3 Å². The number of nitrogens with zero attached hydrogens (tertiary/aromatic N) is 4. The van der Waals surface area contributed by atoms with Gasteiger partial charge in [0.05, 0.1) is 18.7 Å². The second-order valence-corrected chi connectivity index (χ2v) is 5.17. The first kappa shape index (κ1) is 14.1. The normalized spacial score (nSPS) is 10.9. The number of fused-ring (bicyclic) bond motifs is 2. The van der Waals surface area contributed by atoms with Crippen LogP contribution in [0.25, 0.3) is 28.3 Å². The minimum atomic E-state index is 0.407. The molecule has 3 aromatic heterocycles. The number of nitriles is 1. The van der Waals surface area contributed by atoms with Gasteiger partial charge in [-0.15, -0.1) is 0 Å². The van der Waals surface area contributed by atoms with Gasteiger partial charge in [0.1, 0.15) is 22.7 Å². The van der Waals surface area contributed by atoms with Crippen LogP contribution >= 0.6 is 0 Å². The van der Waals surface area contributed by atoms with Crippen molar-refractivity contribution in [2.45, 2.75) is 0 Å². The maximum atomic E-state index is 9.05. The van der Waals surface area contributed by atoms with Gasteiger partial charge in [0.25, 0.3) is 0 Å². The molecule has 0 aliphatic carbocycles. The Morgan fingerprint density at radius 3 is 2.88 bits per heavy atom. The van der Waals surface area contributed by atoms with E-state index in [4.69, 9.17) is 14.4 Å². The molecule has 4 aromatic rings. The Balaban J connectivity index is 1.93. The van der Waals surface area contributed by atoms with E-state index >= 15 is 0 Å². The van der Waals surface area contributed by atoms with Crippen molar-refractivity contribution in [3.8, 4) is 23.4 Å². The first-order valence-corrected chi connectivity index (χ1v) is 7.28. The van der Waals surface area contributed by atoms with Crippen LogP contribution in [0.2, 0.25) is 0 Å². The van der Waals surface area contributed by atoms with Gasteiger partial charge < -0.3 is 14.5 Å². The van der Waals surface area contributed by atoms with Crippen molar-refractivity contribution in [1.82, 2.24) is 14.4 Å². The van der Waals surface area contributed by atoms with Crippen molar-refractivity contribution in [2.24, 2.45) is 0 Å². The highest BCUT2D eigenvalue weighted by atomic mass is 16.5. The van der Waals surface area contributed by atoms with Crippen LogP contribution in [-0.4, -0.2) is 28.5 Å². The first-order chi connectivity index (χ1) is 11.7. The molecule has 0 aliphatic rings. The van der Waals surface area contributed by atoms with Gasteiger partial charge in [-0.3, -0.25) is 4.40 Å². The van der Waals surface area contributed by atoms with Crippen LogP contribution in [0.4, 0.5) is 5.82 Å². The summed E-state index contributed by atoms with van der Waals surface area (Å²) in [4.78, 5) is 9.07. The van der Waals surface area contributed by atoms with E-state index in [0.717, 1.165) is 5.82 Å². The molecule has 0 spiro atoms. The average Bonchev–Trinajstić information content (AvgIpc) is 3.20. The fourth-order valence-electron chi connectivity index (χ4n) is 2.64. The molecule has 0 saturated carbocycles. The SMILES string of the molecule is CNc1c(-c2nc3cc(OC)ccc3o2)nc2cc(C#N)ccn12. The third-order valence-corrected chi connectivity index (χ3v) is 3.79. The molecule has 24 heavy (non-hydrogen) atoms. The third-order valence-electron chi connectivity index (χ3n) is 3.79. The second kappa shape index (κ2) is 5.28. The van der Waals surface area contributed by atoms with Crippen LogP contribution in [-0.2, 0) is 0 Å². The molecule has 3 heterocycles. The molecule has 0 fully saturated rings. The van der Waals surface area contributed by atoms with Crippen molar-refractivity contribution in [1.29, 1.82) is 5.26 Å². The van der Waals surface area contributed by atoms with E-state index < -0.39 is 0 Å². The number of ether oxygens (including phenoxy) is 1. The largest absolute Gasteiger partial charge is 0.497 e. The molecule has 1 N–H and O–H groups in total. The molecule has 4 rings (SSSR count). The Kier molecular flexibility index (Phi) is 3.10. The lowest BCUT2D eigenvalue weighted by Gasteiger charge is -2.01. The van der Waals surface area contributed by atoms with Gasteiger partial charge in [-0.1, -0.05) is 0 Å². The number of rotatable bonds is 3. The summed E-state index contributed by atoms with van der Waals surface area (Å²) in [5.41, 5.74) is 3.13. The number of oxazole rings is 1. The topological polar surface area (TPSA) is 88.4 Å². The quantitative estimate of drug-likeness (QED) is 0.624. The van der Waals surface area contributed by atoms with Crippen LogP contribution in [0.15, 0.2) is 40.9 Å². The highest BCUT2D eigenvalue weighted by molar-refractivity contribution is 5.80. The zero-order valence-electron chi connectivity index (χ0n) is 13.1. The molecule has 118 valence electrons. The van der Waals surface area contributed by atoms with Crippen LogP contribution in [0, 0.1) is 11.3 Å². The molecule has 0 bridgehead atoms. The van der Waals surface area contributed by atoms with Crippen LogP contribution in [0.3, 0.4) is 0 Å². The van der Waals surface area contributed by atoms with Crippen molar-refractivity contribution in [2.75, 3.05) is 19.5 Å².